The molecule has 0 aliphatic carbocycles. The molecule has 0 spiro atoms. The second-order valence-corrected chi connectivity index (χ2v) is 3.17. The third kappa shape index (κ3) is 3.44. The van der Waals surface area contributed by atoms with Crippen LogP contribution in [-0.2, 0) is 9.53 Å². The van der Waals surface area contributed by atoms with Crippen molar-refractivity contribution in [1.82, 2.24) is 0 Å². The summed E-state index contributed by atoms with van der Waals surface area (Å²) in [6.07, 6.45) is 2.65. The van der Waals surface area contributed by atoms with Gasteiger partial charge in [0.15, 0.2) is 5.90 Å². The molecule has 4 heteroatoms. The second-order valence-electron chi connectivity index (χ2n) is 3.17. The molecule has 0 aromatic carbocycles. The van der Waals surface area contributed by atoms with Crippen molar-refractivity contribution in [3.63, 3.8) is 0 Å². The van der Waals surface area contributed by atoms with E-state index in [1.165, 1.54) is 0 Å². The fourth-order valence-corrected chi connectivity index (χ4v) is 1.30. The van der Waals surface area contributed by atoms with Crippen molar-refractivity contribution in [2.45, 2.75) is 38.6 Å². The van der Waals surface area contributed by atoms with E-state index < -0.39 is 5.97 Å². The maximum absolute atomic E-state index is 10.3. The number of carboxylic acid groups (broad SMARTS) is 1. The second kappa shape index (κ2) is 4.84. The van der Waals surface area contributed by atoms with Crippen molar-refractivity contribution in [3.05, 3.63) is 0 Å². The van der Waals surface area contributed by atoms with E-state index in [1.807, 2.05) is 0 Å². The molecular formula is C9H15NO3. The summed E-state index contributed by atoms with van der Waals surface area (Å²) in [5.41, 5.74) is 0. The standard InChI is InChI=1S/C9H15NO3/c1-2-3-7-6-13-8(10-7)4-5-9(11)12/h7H,2-6H2,1H3,(H,11,12). The van der Waals surface area contributed by atoms with Crippen LogP contribution in [0.1, 0.15) is 32.6 Å². The number of rotatable bonds is 5. The molecule has 1 unspecified atom stereocenters. The van der Waals surface area contributed by atoms with Crippen LogP contribution >= 0.6 is 0 Å². The maximum atomic E-state index is 10.3. The quantitative estimate of drug-likeness (QED) is 0.705. The van der Waals surface area contributed by atoms with Crippen LogP contribution in [0.2, 0.25) is 0 Å². The van der Waals surface area contributed by atoms with Gasteiger partial charge in [-0.3, -0.25) is 4.79 Å². The van der Waals surface area contributed by atoms with Crippen molar-refractivity contribution in [1.29, 1.82) is 0 Å². The normalized spacial score (nSPS) is 21.0. The molecule has 74 valence electrons. The smallest absolute Gasteiger partial charge is 0.303 e. The fourth-order valence-electron chi connectivity index (χ4n) is 1.30. The molecule has 1 aliphatic rings. The van der Waals surface area contributed by atoms with Crippen LogP contribution in [0, 0.1) is 0 Å². The Labute approximate surface area is 77.6 Å². The molecule has 0 fully saturated rings. The number of carbonyl (C=O) groups is 1. The molecule has 13 heavy (non-hydrogen) atoms. The average molecular weight is 185 g/mol. The van der Waals surface area contributed by atoms with Gasteiger partial charge in [0.05, 0.1) is 12.5 Å². The lowest BCUT2D eigenvalue weighted by Crippen LogP contribution is -2.05. The van der Waals surface area contributed by atoms with Gasteiger partial charge in [-0.05, 0) is 6.42 Å². The Hall–Kier alpha value is -1.06. The van der Waals surface area contributed by atoms with E-state index in [4.69, 9.17) is 9.84 Å². The first kappa shape index (κ1) is 10.0. The van der Waals surface area contributed by atoms with Crippen molar-refractivity contribution >= 4 is 11.9 Å². The minimum Gasteiger partial charge on any atom is -0.481 e. The van der Waals surface area contributed by atoms with Gasteiger partial charge in [-0.15, -0.1) is 0 Å². The summed E-state index contributed by atoms with van der Waals surface area (Å²) >= 11 is 0. The number of carboxylic acids is 1. The highest BCUT2D eigenvalue weighted by Crippen LogP contribution is 2.12. The highest BCUT2D eigenvalue weighted by molar-refractivity contribution is 5.81. The van der Waals surface area contributed by atoms with Gasteiger partial charge in [0.2, 0.25) is 0 Å². The van der Waals surface area contributed by atoms with Crippen molar-refractivity contribution in [2.24, 2.45) is 4.99 Å². The van der Waals surface area contributed by atoms with Gasteiger partial charge in [-0.25, -0.2) is 4.99 Å². The summed E-state index contributed by atoms with van der Waals surface area (Å²) in [5, 5.41) is 8.43. The van der Waals surface area contributed by atoms with Crippen LogP contribution in [0.3, 0.4) is 0 Å². The lowest BCUT2D eigenvalue weighted by molar-refractivity contribution is -0.136. The van der Waals surface area contributed by atoms with E-state index >= 15 is 0 Å². The van der Waals surface area contributed by atoms with Crippen LogP contribution in [0.5, 0.6) is 0 Å². The summed E-state index contributed by atoms with van der Waals surface area (Å²) in [7, 11) is 0. The number of aliphatic imine (C=N–C) groups is 1. The lowest BCUT2D eigenvalue weighted by Gasteiger charge is -1.99. The van der Waals surface area contributed by atoms with Crippen molar-refractivity contribution in [3.8, 4) is 0 Å². The SMILES string of the molecule is CCCC1COC(CCC(=O)O)=N1. The first-order valence-electron chi connectivity index (χ1n) is 4.63. The predicted octanol–water partition coefficient (Wildman–Crippen LogP) is 1.45. The monoisotopic (exact) mass is 185 g/mol. The van der Waals surface area contributed by atoms with E-state index in [-0.39, 0.29) is 12.5 Å². The third-order valence-corrected chi connectivity index (χ3v) is 1.94. The number of hydrogen-bond donors (Lipinski definition) is 1. The zero-order chi connectivity index (χ0) is 9.68. The molecule has 1 N–H and O–H groups in total. The Balaban J connectivity index is 2.27. The Kier molecular flexibility index (Phi) is 3.73. The molecule has 0 amide bonds. The van der Waals surface area contributed by atoms with Gasteiger partial charge in [0.1, 0.15) is 6.61 Å². The van der Waals surface area contributed by atoms with Crippen LogP contribution in [0.15, 0.2) is 4.99 Å². The molecule has 0 saturated carbocycles. The first-order chi connectivity index (χ1) is 6.22. The van der Waals surface area contributed by atoms with Crippen LogP contribution in [0.4, 0.5) is 0 Å². The molecule has 0 aromatic rings. The van der Waals surface area contributed by atoms with E-state index in [1.54, 1.807) is 0 Å². The van der Waals surface area contributed by atoms with Crippen LogP contribution in [-0.4, -0.2) is 29.6 Å². The molecule has 0 radical (unpaired) electrons. The Morgan fingerprint density at radius 3 is 3.15 bits per heavy atom. The van der Waals surface area contributed by atoms with Gasteiger partial charge < -0.3 is 9.84 Å². The van der Waals surface area contributed by atoms with Gasteiger partial charge in [0.25, 0.3) is 0 Å². The Morgan fingerprint density at radius 1 is 1.77 bits per heavy atom. The van der Waals surface area contributed by atoms with Crippen LogP contribution < -0.4 is 0 Å². The minimum atomic E-state index is -0.801. The topological polar surface area (TPSA) is 58.9 Å². The van der Waals surface area contributed by atoms with Gasteiger partial charge >= 0.3 is 5.97 Å². The lowest BCUT2D eigenvalue weighted by atomic mass is 10.2. The Bertz CT molecular complexity index is 213. The number of nitrogens with zero attached hydrogens (tertiary/aromatic N) is 1. The molecule has 0 bridgehead atoms. The molecular weight excluding hydrogens is 170 g/mol. The summed E-state index contributed by atoms with van der Waals surface area (Å²) in [6, 6.07) is 0.258. The zero-order valence-corrected chi connectivity index (χ0v) is 7.82. The molecule has 4 nitrogen and oxygen atoms in total. The molecule has 1 rings (SSSR count). The van der Waals surface area contributed by atoms with Crippen LogP contribution in [0.25, 0.3) is 0 Å². The average Bonchev–Trinajstić information content (AvgIpc) is 2.50. The van der Waals surface area contributed by atoms with Crippen molar-refractivity contribution < 1.29 is 14.6 Å². The van der Waals surface area contributed by atoms with Crippen molar-refractivity contribution in [2.75, 3.05) is 6.61 Å². The summed E-state index contributed by atoms with van der Waals surface area (Å²) in [4.78, 5) is 14.5. The van der Waals surface area contributed by atoms with Gasteiger partial charge in [-0.2, -0.15) is 0 Å². The molecule has 1 atom stereocenters. The predicted molar refractivity (Wildman–Crippen MR) is 49.0 cm³/mol. The van der Waals surface area contributed by atoms with Gasteiger partial charge in [-0.1, -0.05) is 13.3 Å². The molecule has 0 saturated heterocycles. The summed E-state index contributed by atoms with van der Waals surface area (Å²) in [5.74, 6) is -0.189. The summed E-state index contributed by atoms with van der Waals surface area (Å²) in [6.45, 7) is 2.73. The summed E-state index contributed by atoms with van der Waals surface area (Å²) < 4.78 is 5.26. The molecule has 1 heterocycles. The number of hydrogen-bond acceptors (Lipinski definition) is 3. The highest BCUT2D eigenvalue weighted by Gasteiger charge is 2.17. The van der Waals surface area contributed by atoms with E-state index in [9.17, 15) is 4.79 Å². The molecule has 0 aromatic heterocycles. The maximum Gasteiger partial charge on any atom is 0.303 e. The minimum absolute atomic E-state index is 0.109. The first-order valence-corrected chi connectivity index (χ1v) is 4.63. The zero-order valence-electron chi connectivity index (χ0n) is 7.82. The third-order valence-electron chi connectivity index (χ3n) is 1.94. The van der Waals surface area contributed by atoms with E-state index in [0.29, 0.717) is 18.9 Å². The fraction of sp³-hybridized carbons (Fsp3) is 0.778. The van der Waals surface area contributed by atoms with E-state index in [0.717, 1.165) is 12.8 Å². The highest BCUT2D eigenvalue weighted by atomic mass is 16.5. The number of ether oxygens (including phenoxy) is 1. The van der Waals surface area contributed by atoms with Gasteiger partial charge in [0, 0.05) is 6.42 Å². The van der Waals surface area contributed by atoms with E-state index in [2.05, 4.69) is 11.9 Å². The Morgan fingerprint density at radius 2 is 2.54 bits per heavy atom. The molecule has 1 aliphatic heterocycles. The number of aliphatic carboxylic acids is 1. The largest absolute Gasteiger partial charge is 0.481 e.